The van der Waals surface area contributed by atoms with E-state index in [1.54, 1.807) is 0 Å². The summed E-state index contributed by atoms with van der Waals surface area (Å²) in [6, 6.07) is 24.6. The number of nitrogens with one attached hydrogen (secondary N) is 1. The van der Waals surface area contributed by atoms with Gasteiger partial charge in [-0.05, 0) is 27.8 Å². The van der Waals surface area contributed by atoms with Gasteiger partial charge in [0.15, 0.2) is 0 Å². The van der Waals surface area contributed by atoms with Crippen molar-refractivity contribution >= 4 is 24.5 Å². The number of ether oxygens (including phenoxy) is 2. The van der Waals surface area contributed by atoms with E-state index >= 15 is 0 Å². The Balaban J connectivity index is 0.00000289. The summed E-state index contributed by atoms with van der Waals surface area (Å²) in [5.41, 5.74) is 11.3. The van der Waals surface area contributed by atoms with Crippen LogP contribution in [0.3, 0.4) is 0 Å². The molecule has 0 bridgehead atoms. The Labute approximate surface area is 193 Å². The van der Waals surface area contributed by atoms with Gasteiger partial charge in [0.1, 0.15) is 19.3 Å². The van der Waals surface area contributed by atoms with Crippen LogP contribution in [0.1, 0.15) is 22.6 Å². The Hall–Kier alpha value is -3.35. The Morgan fingerprint density at radius 2 is 1.41 bits per heavy atom. The van der Waals surface area contributed by atoms with Gasteiger partial charge in [-0.2, -0.15) is 0 Å². The monoisotopic (exact) mass is 452 g/mol. The van der Waals surface area contributed by atoms with Gasteiger partial charge in [-0.1, -0.05) is 78.9 Å². The molecule has 166 valence electrons. The van der Waals surface area contributed by atoms with Crippen LogP contribution in [0.2, 0.25) is 0 Å². The van der Waals surface area contributed by atoms with Gasteiger partial charge in [-0.15, -0.1) is 12.4 Å². The molecule has 7 heteroatoms. The molecule has 0 saturated heterocycles. The number of amides is 1. The van der Waals surface area contributed by atoms with Gasteiger partial charge in [-0.3, -0.25) is 4.79 Å². The molecule has 4 rings (SSSR count). The zero-order valence-electron chi connectivity index (χ0n) is 17.4. The summed E-state index contributed by atoms with van der Waals surface area (Å²) in [5, 5.41) is 2.55. The summed E-state index contributed by atoms with van der Waals surface area (Å²) < 4.78 is 10.6. The number of alkyl carbamates (subject to hydrolysis) is 1. The second-order valence-electron chi connectivity index (χ2n) is 7.41. The second kappa shape index (κ2) is 10.8. The fourth-order valence-corrected chi connectivity index (χ4v) is 3.76. The molecule has 0 saturated carbocycles. The van der Waals surface area contributed by atoms with Crippen LogP contribution in [0.5, 0.6) is 0 Å². The smallest absolute Gasteiger partial charge is 0.407 e. The average molecular weight is 453 g/mol. The molecule has 0 heterocycles. The molecular weight excluding hydrogens is 428 g/mol. The molecule has 3 aromatic carbocycles. The molecule has 6 nitrogen and oxygen atoms in total. The lowest BCUT2D eigenvalue weighted by Crippen LogP contribution is -2.43. The number of hydrogen-bond acceptors (Lipinski definition) is 5. The highest BCUT2D eigenvalue weighted by atomic mass is 35.5. The third-order valence-corrected chi connectivity index (χ3v) is 5.34. The third kappa shape index (κ3) is 5.28. The first-order valence-electron chi connectivity index (χ1n) is 10.2. The van der Waals surface area contributed by atoms with Crippen LogP contribution in [0.4, 0.5) is 4.79 Å². The SMILES string of the molecule is Cl.N[C@H](CNC(=O)OCC1c2ccccc2-c2ccccc21)C(=O)OCc1ccccc1. The molecule has 32 heavy (non-hydrogen) atoms. The Morgan fingerprint density at radius 3 is 2.03 bits per heavy atom. The maximum atomic E-state index is 12.2. The van der Waals surface area contributed by atoms with E-state index in [0.717, 1.165) is 27.8 Å². The van der Waals surface area contributed by atoms with Crippen LogP contribution in [-0.4, -0.2) is 31.3 Å². The molecule has 3 aromatic rings. The Kier molecular flexibility index (Phi) is 7.87. The Bertz CT molecular complexity index is 1030. The molecule has 0 aliphatic heterocycles. The first kappa shape index (κ1) is 23.3. The van der Waals surface area contributed by atoms with Crippen molar-refractivity contribution < 1.29 is 19.1 Å². The highest BCUT2D eigenvalue weighted by molar-refractivity contribution is 5.85. The normalized spacial score (nSPS) is 12.7. The first-order valence-corrected chi connectivity index (χ1v) is 10.2. The van der Waals surface area contributed by atoms with Crippen molar-refractivity contribution in [1.82, 2.24) is 5.32 Å². The molecule has 0 unspecified atom stereocenters. The van der Waals surface area contributed by atoms with E-state index in [4.69, 9.17) is 15.2 Å². The molecule has 0 spiro atoms. The van der Waals surface area contributed by atoms with Crippen LogP contribution < -0.4 is 11.1 Å². The number of esters is 1. The van der Waals surface area contributed by atoms with Gasteiger partial charge in [0, 0.05) is 12.5 Å². The van der Waals surface area contributed by atoms with Crippen molar-refractivity contribution in [3.05, 3.63) is 95.6 Å². The van der Waals surface area contributed by atoms with Crippen molar-refractivity contribution in [1.29, 1.82) is 0 Å². The molecule has 0 aromatic heterocycles. The molecule has 1 aliphatic carbocycles. The largest absolute Gasteiger partial charge is 0.460 e. The van der Waals surface area contributed by atoms with Crippen molar-refractivity contribution in [2.45, 2.75) is 18.6 Å². The van der Waals surface area contributed by atoms with E-state index in [9.17, 15) is 9.59 Å². The zero-order chi connectivity index (χ0) is 21.6. The van der Waals surface area contributed by atoms with Gasteiger partial charge in [0.05, 0.1) is 0 Å². The predicted molar refractivity (Wildman–Crippen MR) is 125 cm³/mol. The van der Waals surface area contributed by atoms with Crippen LogP contribution in [-0.2, 0) is 20.9 Å². The number of fused-ring (bicyclic) bond motifs is 3. The predicted octanol–water partition coefficient (Wildman–Crippen LogP) is 4.02. The van der Waals surface area contributed by atoms with Gasteiger partial charge in [0.25, 0.3) is 0 Å². The van der Waals surface area contributed by atoms with Crippen molar-refractivity contribution in [2.24, 2.45) is 5.73 Å². The molecule has 1 atom stereocenters. The summed E-state index contributed by atoms with van der Waals surface area (Å²) >= 11 is 0. The molecule has 0 fully saturated rings. The van der Waals surface area contributed by atoms with Crippen LogP contribution >= 0.6 is 12.4 Å². The average Bonchev–Trinajstić information content (AvgIpc) is 3.14. The number of halogens is 1. The molecular formula is C25H25ClN2O4. The third-order valence-electron chi connectivity index (χ3n) is 5.34. The van der Waals surface area contributed by atoms with E-state index in [2.05, 4.69) is 29.6 Å². The van der Waals surface area contributed by atoms with E-state index in [1.165, 1.54) is 0 Å². The van der Waals surface area contributed by atoms with E-state index in [1.807, 2.05) is 54.6 Å². The first-order chi connectivity index (χ1) is 15.1. The summed E-state index contributed by atoms with van der Waals surface area (Å²) in [7, 11) is 0. The highest BCUT2D eigenvalue weighted by Gasteiger charge is 2.29. The lowest BCUT2D eigenvalue weighted by Gasteiger charge is -2.16. The number of carbonyl (C=O) groups excluding carboxylic acids is 2. The van der Waals surface area contributed by atoms with Crippen molar-refractivity contribution in [3.8, 4) is 11.1 Å². The molecule has 1 amide bonds. The second-order valence-corrected chi connectivity index (χ2v) is 7.41. The van der Waals surface area contributed by atoms with Gasteiger partial charge in [0.2, 0.25) is 0 Å². The molecule has 3 N–H and O–H groups in total. The van der Waals surface area contributed by atoms with Gasteiger partial charge >= 0.3 is 12.1 Å². The van der Waals surface area contributed by atoms with Crippen LogP contribution in [0.15, 0.2) is 78.9 Å². The minimum atomic E-state index is -0.968. The maximum absolute atomic E-state index is 12.2. The lowest BCUT2D eigenvalue weighted by atomic mass is 9.98. The maximum Gasteiger partial charge on any atom is 0.407 e. The number of nitrogens with two attached hydrogens (primary N) is 1. The summed E-state index contributed by atoms with van der Waals surface area (Å²) in [5.74, 6) is -0.606. The van der Waals surface area contributed by atoms with E-state index < -0.39 is 18.1 Å². The molecule has 1 aliphatic rings. The summed E-state index contributed by atoms with van der Waals surface area (Å²) in [6.45, 7) is 0.274. The van der Waals surface area contributed by atoms with E-state index in [-0.39, 0.29) is 38.1 Å². The number of hydrogen-bond donors (Lipinski definition) is 2. The van der Waals surface area contributed by atoms with Gasteiger partial charge in [-0.25, -0.2) is 4.79 Å². The molecule has 0 radical (unpaired) electrons. The number of rotatable bonds is 7. The fourth-order valence-electron chi connectivity index (χ4n) is 3.76. The van der Waals surface area contributed by atoms with E-state index in [0.29, 0.717) is 0 Å². The van der Waals surface area contributed by atoms with Crippen molar-refractivity contribution in [2.75, 3.05) is 13.2 Å². The lowest BCUT2D eigenvalue weighted by molar-refractivity contribution is -0.146. The van der Waals surface area contributed by atoms with Crippen molar-refractivity contribution in [3.63, 3.8) is 0 Å². The van der Waals surface area contributed by atoms with Crippen LogP contribution in [0.25, 0.3) is 11.1 Å². The quantitative estimate of drug-likeness (QED) is 0.528. The topological polar surface area (TPSA) is 90.6 Å². The summed E-state index contributed by atoms with van der Waals surface area (Å²) in [6.07, 6.45) is -0.617. The number of carbonyl (C=O) groups is 2. The minimum absolute atomic E-state index is 0. The van der Waals surface area contributed by atoms with Gasteiger partial charge < -0.3 is 20.5 Å². The highest BCUT2D eigenvalue weighted by Crippen LogP contribution is 2.44. The summed E-state index contributed by atoms with van der Waals surface area (Å²) in [4.78, 5) is 24.2. The number of benzene rings is 3. The fraction of sp³-hybridized carbons (Fsp3) is 0.200. The standard InChI is InChI=1S/C25H24N2O4.ClH/c26-23(24(28)30-15-17-8-2-1-3-9-17)14-27-25(29)31-16-22-20-12-6-4-10-18(20)19-11-5-7-13-21(19)22;/h1-13,22-23H,14-16,26H2,(H,27,29);1H/t23-;/m1./s1. The minimum Gasteiger partial charge on any atom is -0.460 e. The Morgan fingerprint density at radius 1 is 0.844 bits per heavy atom. The zero-order valence-corrected chi connectivity index (χ0v) is 18.2. The van der Waals surface area contributed by atoms with Crippen LogP contribution in [0, 0.1) is 0 Å².